The van der Waals surface area contributed by atoms with Crippen molar-refractivity contribution in [1.82, 2.24) is 5.32 Å². The van der Waals surface area contributed by atoms with Crippen LogP contribution in [-0.2, 0) is 13.1 Å². The average molecular weight is 316 g/mol. The zero-order valence-electron chi connectivity index (χ0n) is 11.7. The van der Waals surface area contributed by atoms with Crippen LogP contribution in [0.4, 0.5) is 0 Å². The van der Waals surface area contributed by atoms with E-state index in [2.05, 4.69) is 5.32 Å². The van der Waals surface area contributed by atoms with Gasteiger partial charge >= 0.3 is 5.63 Å². The number of para-hydroxylation sites is 1. The number of hydrogen-bond acceptors (Lipinski definition) is 4. The Labute approximate surface area is 132 Å². The van der Waals surface area contributed by atoms with Gasteiger partial charge in [-0.25, -0.2) is 4.79 Å². The standard InChI is InChI=1S/C17H14ClNO3/c18-14-7-3-1-5-11(14)9-19-10-13-16(20)12-6-2-4-8-15(12)22-17(13)21/h1-8,19-20H,9-10H2. The first-order chi connectivity index (χ1) is 10.7. The summed E-state index contributed by atoms with van der Waals surface area (Å²) in [4.78, 5) is 12.0. The number of aromatic hydroxyl groups is 1. The molecule has 3 aromatic rings. The molecule has 4 nitrogen and oxygen atoms in total. The Morgan fingerprint density at radius 1 is 1.05 bits per heavy atom. The minimum atomic E-state index is -0.539. The number of hydrogen-bond donors (Lipinski definition) is 2. The topological polar surface area (TPSA) is 62.5 Å². The molecule has 0 aliphatic rings. The maximum Gasteiger partial charge on any atom is 0.344 e. The summed E-state index contributed by atoms with van der Waals surface area (Å²) in [7, 11) is 0. The summed E-state index contributed by atoms with van der Waals surface area (Å²) >= 11 is 6.08. The molecule has 112 valence electrons. The van der Waals surface area contributed by atoms with Gasteiger partial charge in [0.2, 0.25) is 0 Å². The van der Waals surface area contributed by atoms with Crippen LogP contribution >= 0.6 is 11.6 Å². The van der Waals surface area contributed by atoms with Gasteiger partial charge in [0.25, 0.3) is 0 Å². The first-order valence-electron chi connectivity index (χ1n) is 6.84. The smallest absolute Gasteiger partial charge is 0.344 e. The van der Waals surface area contributed by atoms with E-state index in [0.717, 1.165) is 5.56 Å². The lowest BCUT2D eigenvalue weighted by atomic mass is 10.1. The lowest BCUT2D eigenvalue weighted by Gasteiger charge is -2.08. The van der Waals surface area contributed by atoms with Gasteiger partial charge in [-0.2, -0.15) is 0 Å². The lowest BCUT2D eigenvalue weighted by Crippen LogP contribution is -2.19. The fourth-order valence-electron chi connectivity index (χ4n) is 2.29. The molecule has 2 N–H and O–H groups in total. The Balaban J connectivity index is 1.82. The molecule has 3 rings (SSSR count). The van der Waals surface area contributed by atoms with E-state index in [0.29, 0.717) is 22.5 Å². The van der Waals surface area contributed by atoms with Crippen LogP contribution in [0.25, 0.3) is 11.0 Å². The molecular formula is C17H14ClNO3. The second kappa shape index (κ2) is 6.22. The summed E-state index contributed by atoms with van der Waals surface area (Å²) in [6.07, 6.45) is 0. The SMILES string of the molecule is O=c1oc2ccccc2c(O)c1CNCc1ccccc1Cl. The van der Waals surface area contributed by atoms with E-state index >= 15 is 0 Å². The van der Waals surface area contributed by atoms with Crippen LogP contribution < -0.4 is 10.9 Å². The summed E-state index contributed by atoms with van der Waals surface area (Å²) in [6.45, 7) is 0.690. The van der Waals surface area contributed by atoms with Crippen molar-refractivity contribution < 1.29 is 9.52 Å². The fraction of sp³-hybridized carbons (Fsp3) is 0.118. The van der Waals surface area contributed by atoms with Gasteiger partial charge in [0.15, 0.2) is 0 Å². The second-order valence-electron chi connectivity index (χ2n) is 4.91. The molecule has 0 saturated heterocycles. The Hall–Kier alpha value is -2.30. The van der Waals surface area contributed by atoms with Crippen molar-refractivity contribution >= 4 is 22.6 Å². The molecule has 0 unspecified atom stereocenters. The predicted octanol–water partition coefficient (Wildman–Crippen LogP) is 3.44. The molecule has 0 fully saturated rings. The van der Waals surface area contributed by atoms with Gasteiger partial charge in [-0.15, -0.1) is 0 Å². The van der Waals surface area contributed by atoms with Crippen molar-refractivity contribution in [3.8, 4) is 5.75 Å². The van der Waals surface area contributed by atoms with Crippen molar-refractivity contribution in [1.29, 1.82) is 0 Å². The van der Waals surface area contributed by atoms with E-state index in [-0.39, 0.29) is 17.9 Å². The summed E-state index contributed by atoms with van der Waals surface area (Å²) in [5, 5.41) is 14.5. The van der Waals surface area contributed by atoms with Gasteiger partial charge in [0.1, 0.15) is 11.3 Å². The van der Waals surface area contributed by atoms with E-state index in [4.69, 9.17) is 16.0 Å². The molecule has 1 aromatic heterocycles. The third kappa shape index (κ3) is 2.84. The molecule has 0 radical (unpaired) electrons. The summed E-state index contributed by atoms with van der Waals surface area (Å²) in [5.41, 5.74) is 0.974. The van der Waals surface area contributed by atoms with Crippen LogP contribution in [0.3, 0.4) is 0 Å². The Kier molecular flexibility index (Phi) is 4.13. The maximum atomic E-state index is 12.0. The largest absolute Gasteiger partial charge is 0.507 e. The highest BCUT2D eigenvalue weighted by atomic mass is 35.5. The molecule has 0 amide bonds. The van der Waals surface area contributed by atoms with Crippen LogP contribution in [0.5, 0.6) is 5.75 Å². The monoisotopic (exact) mass is 315 g/mol. The normalized spacial score (nSPS) is 11.0. The molecule has 0 aliphatic carbocycles. The highest BCUT2D eigenvalue weighted by Gasteiger charge is 2.13. The fourth-order valence-corrected chi connectivity index (χ4v) is 2.49. The van der Waals surface area contributed by atoms with E-state index < -0.39 is 5.63 Å². The van der Waals surface area contributed by atoms with Crippen molar-refractivity contribution in [2.24, 2.45) is 0 Å². The summed E-state index contributed by atoms with van der Waals surface area (Å²) in [5.74, 6) is -0.0430. The minimum absolute atomic E-state index is 0.0430. The van der Waals surface area contributed by atoms with Gasteiger partial charge in [0.05, 0.1) is 10.9 Å². The molecule has 0 atom stereocenters. The van der Waals surface area contributed by atoms with E-state index in [1.54, 1.807) is 30.3 Å². The van der Waals surface area contributed by atoms with Crippen LogP contribution in [-0.4, -0.2) is 5.11 Å². The Morgan fingerprint density at radius 2 is 1.77 bits per heavy atom. The predicted molar refractivity (Wildman–Crippen MR) is 86.1 cm³/mol. The first kappa shape index (κ1) is 14.6. The van der Waals surface area contributed by atoms with Gasteiger partial charge < -0.3 is 14.8 Å². The van der Waals surface area contributed by atoms with Crippen molar-refractivity contribution in [2.45, 2.75) is 13.1 Å². The van der Waals surface area contributed by atoms with Gasteiger partial charge in [-0.3, -0.25) is 0 Å². The highest BCUT2D eigenvalue weighted by molar-refractivity contribution is 6.31. The highest BCUT2D eigenvalue weighted by Crippen LogP contribution is 2.25. The lowest BCUT2D eigenvalue weighted by molar-refractivity contribution is 0.451. The van der Waals surface area contributed by atoms with E-state index in [9.17, 15) is 9.90 Å². The Bertz CT molecular complexity index is 873. The Morgan fingerprint density at radius 3 is 2.59 bits per heavy atom. The second-order valence-corrected chi connectivity index (χ2v) is 5.32. The molecule has 0 spiro atoms. The zero-order valence-corrected chi connectivity index (χ0v) is 12.4. The molecule has 22 heavy (non-hydrogen) atoms. The van der Waals surface area contributed by atoms with E-state index in [1.165, 1.54) is 0 Å². The van der Waals surface area contributed by atoms with Crippen LogP contribution in [0.1, 0.15) is 11.1 Å². The molecule has 0 saturated carbocycles. The first-order valence-corrected chi connectivity index (χ1v) is 7.22. The average Bonchev–Trinajstić information content (AvgIpc) is 2.52. The molecule has 0 bridgehead atoms. The van der Waals surface area contributed by atoms with Crippen LogP contribution in [0.15, 0.2) is 57.7 Å². The van der Waals surface area contributed by atoms with Gasteiger partial charge in [-0.1, -0.05) is 41.9 Å². The zero-order chi connectivity index (χ0) is 15.5. The maximum absolute atomic E-state index is 12.0. The van der Waals surface area contributed by atoms with Crippen molar-refractivity contribution in [3.05, 3.63) is 75.1 Å². The van der Waals surface area contributed by atoms with Gasteiger partial charge in [-0.05, 0) is 23.8 Å². The number of halogens is 1. The molecule has 1 heterocycles. The molecular weight excluding hydrogens is 302 g/mol. The number of benzene rings is 2. The third-order valence-electron chi connectivity index (χ3n) is 3.45. The minimum Gasteiger partial charge on any atom is -0.507 e. The van der Waals surface area contributed by atoms with Crippen LogP contribution in [0, 0.1) is 0 Å². The van der Waals surface area contributed by atoms with E-state index in [1.807, 2.05) is 18.2 Å². The van der Waals surface area contributed by atoms with Crippen molar-refractivity contribution in [3.63, 3.8) is 0 Å². The molecule has 2 aromatic carbocycles. The van der Waals surface area contributed by atoms with Gasteiger partial charge in [0, 0.05) is 18.1 Å². The molecule has 5 heteroatoms. The number of nitrogens with one attached hydrogen (secondary N) is 1. The number of fused-ring (bicyclic) bond motifs is 1. The quantitative estimate of drug-likeness (QED) is 0.724. The third-order valence-corrected chi connectivity index (χ3v) is 3.82. The van der Waals surface area contributed by atoms with Crippen molar-refractivity contribution in [2.75, 3.05) is 0 Å². The number of rotatable bonds is 4. The van der Waals surface area contributed by atoms with Crippen LogP contribution in [0.2, 0.25) is 5.02 Å². The molecule has 0 aliphatic heterocycles. The summed E-state index contributed by atoms with van der Waals surface area (Å²) < 4.78 is 5.22. The summed E-state index contributed by atoms with van der Waals surface area (Å²) in [6, 6.07) is 14.4.